The summed E-state index contributed by atoms with van der Waals surface area (Å²) in [5.41, 5.74) is 0.559. The second-order valence-electron chi connectivity index (χ2n) is 6.29. The molecule has 150 valence electrons. The number of hydrogen-bond acceptors (Lipinski definition) is 5. The van der Waals surface area contributed by atoms with Gasteiger partial charge < -0.3 is 10.1 Å². The van der Waals surface area contributed by atoms with E-state index in [2.05, 4.69) is 5.32 Å². The zero-order valence-corrected chi connectivity index (χ0v) is 16.1. The van der Waals surface area contributed by atoms with Gasteiger partial charge in [-0.3, -0.25) is 9.59 Å². The Morgan fingerprint density at radius 1 is 0.931 bits per heavy atom. The lowest BCUT2D eigenvalue weighted by molar-refractivity contribution is -0.146. The summed E-state index contributed by atoms with van der Waals surface area (Å²) < 4.78 is 42.0. The molecule has 0 spiro atoms. The fourth-order valence-corrected chi connectivity index (χ4v) is 3.88. The van der Waals surface area contributed by atoms with Crippen molar-refractivity contribution in [3.8, 4) is 0 Å². The van der Waals surface area contributed by atoms with Crippen LogP contribution in [-0.4, -0.2) is 32.7 Å². The molecule has 8 heteroatoms. The largest absolute Gasteiger partial charge is 0.456 e. The van der Waals surface area contributed by atoms with Crippen molar-refractivity contribution in [2.24, 2.45) is 0 Å². The number of halogens is 1. The molecule has 0 aromatic heterocycles. The van der Waals surface area contributed by atoms with E-state index >= 15 is 0 Å². The SMILES string of the molecule is O=C(COC(=O)CCS(=O)(=O)c1ccc(F)cc1)Nc1ccc2ccccc2c1. The summed E-state index contributed by atoms with van der Waals surface area (Å²) in [6.07, 6.45) is -0.414. The van der Waals surface area contributed by atoms with E-state index in [-0.39, 0.29) is 4.90 Å². The van der Waals surface area contributed by atoms with Crippen molar-refractivity contribution in [3.63, 3.8) is 0 Å². The summed E-state index contributed by atoms with van der Waals surface area (Å²) in [5.74, 6) is -2.40. The lowest BCUT2D eigenvalue weighted by Crippen LogP contribution is -2.22. The maximum Gasteiger partial charge on any atom is 0.307 e. The Morgan fingerprint density at radius 3 is 2.34 bits per heavy atom. The maximum atomic E-state index is 12.9. The van der Waals surface area contributed by atoms with E-state index in [9.17, 15) is 22.4 Å². The molecule has 3 aromatic carbocycles. The van der Waals surface area contributed by atoms with E-state index in [1.54, 1.807) is 12.1 Å². The summed E-state index contributed by atoms with van der Waals surface area (Å²) in [6.45, 7) is -0.526. The van der Waals surface area contributed by atoms with Crippen molar-refractivity contribution < 1.29 is 27.1 Å². The van der Waals surface area contributed by atoms with Crippen molar-refractivity contribution >= 4 is 38.2 Å². The summed E-state index contributed by atoms with van der Waals surface area (Å²) in [6, 6.07) is 17.4. The highest BCUT2D eigenvalue weighted by Gasteiger charge is 2.18. The molecule has 3 aromatic rings. The van der Waals surface area contributed by atoms with Crippen LogP contribution in [-0.2, 0) is 24.2 Å². The van der Waals surface area contributed by atoms with Gasteiger partial charge in [-0.05, 0) is 47.2 Å². The number of hydrogen-bond donors (Lipinski definition) is 1. The molecule has 0 aliphatic rings. The molecule has 0 saturated carbocycles. The zero-order chi connectivity index (χ0) is 20.9. The van der Waals surface area contributed by atoms with Crippen LogP contribution >= 0.6 is 0 Å². The van der Waals surface area contributed by atoms with Crippen LogP contribution in [0, 0.1) is 5.82 Å². The number of esters is 1. The Balaban J connectivity index is 1.48. The summed E-state index contributed by atoms with van der Waals surface area (Å²) in [7, 11) is -3.75. The number of fused-ring (bicyclic) bond motifs is 1. The number of amides is 1. The summed E-state index contributed by atoms with van der Waals surface area (Å²) >= 11 is 0. The molecular formula is C21H18FNO5S. The fourth-order valence-electron chi connectivity index (χ4n) is 2.66. The molecule has 0 unspecified atom stereocenters. The Hall–Kier alpha value is -3.26. The smallest absolute Gasteiger partial charge is 0.307 e. The van der Waals surface area contributed by atoms with E-state index in [1.807, 2.05) is 30.3 Å². The number of nitrogens with one attached hydrogen (secondary N) is 1. The van der Waals surface area contributed by atoms with E-state index in [0.29, 0.717) is 5.69 Å². The first-order valence-corrected chi connectivity index (χ1v) is 10.4. The topological polar surface area (TPSA) is 89.5 Å². The first kappa shape index (κ1) is 20.5. The summed E-state index contributed by atoms with van der Waals surface area (Å²) in [5, 5.41) is 4.60. The third kappa shape index (κ3) is 5.61. The average molecular weight is 415 g/mol. The minimum absolute atomic E-state index is 0.0826. The monoisotopic (exact) mass is 415 g/mol. The van der Waals surface area contributed by atoms with Crippen molar-refractivity contribution in [1.29, 1.82) is 0 Å². The Morgan fingerprint density at radius 2 is 1.62 bits per heavy atom. The quantitative estimate of drug-likeness (QED) is 0.472. The van der Waals surface area contributed by atoms with Crippen LogP contribution in [0.2, 0.25) is 0 Å². The molecule has 0 bridgehead atoms. The maximum absolute atomic E-state index is 12.9. The first-order valence-electron chi connectivity index (χ1n) is 8.76. The van der Waals surface area contributed by atoms with Gasteiger partial charge in [0.25, 0.3) is 5.91 Å². The Labute approximate surface area is 167 Å². The highest BCUT2D eigenvalue weighted by Crippen LogP contribution is 2.18. The number of carbonyl (C=O) groups excluding carboxylic acids is 2. The third-order valence-corrected chi connectivity index (χ3v) is 5.88. The molecule has 29 heavy (non-hydrogen) atoms. The van der Waals surface area contributed by atoms with Gasteiger partial charge >= 0.3 is 5.97 Å². The van der Waals surface area contributed by atoms with Gasteiger partial charge in [-0.2, -0.15) is 0 Å². The number of anilines is 1. The molecule has 0 radical (unpaired) electrons. The molecule has 3 rings (SSSR count). The molecule has 0 heterocycles. The molecule has 0 fully saturated rings. The zero-order valence-electron chi connectivity index (χ0n) is 15.3. The van der Waals surface area contributed by atoms with Crippen LogP contribution < -0.4 is 5.32 Å². The van der Waals surface area contributed by atoms with E-state index in [0.717, 1.165) is 35.0 Å². The normalized spacial score (nSPS) is 11.2. The van der Waals surface area contributed by atoms with E-state index in [4.69, 9.17) is 4.74 Å². The van der Waals surface area contributed by atoms with Gasteiger partial charge in [0.05, 0.1) is 17.1 Å². The van der Waals surface area contributed by atoms with Crippen LogP contribution in [0.3, 0.4) is 0 Å². The third-order valence-electron chi connectivity index (χ3n) is 4.15. The molecule has 0 atom stereocenters. The minimum Gasteiger partial charge on any atom is -0.456 e. The second kappa shape index (κ2) is 8.83. The highest BCUT2D eigenvalue weighted by atomic mass is 32.2. The molecular weight excluding hydrogens is 397 g/mol. The van der Waals surface area contributed by atoms with Crippen molar-refractivity contribution in [3.05, 3.63) is 72.5 Å². The molecule has 6 nitrogen and oxygen atoms in total. The van der Waals surface area contributed by atoms with Gasteiger partial charge in [0, 0.05) is 5.69 Å². The Kier molecular flexibility index (Phi) is 6.23. The van der Waals surface area contributed by atoms with E-state index < -0.39 is 46.3 Å². The van der Waals surface area contributed by atoms with E-state index in [1.165, 1.54) is 0 Å². The van der Waals surface area contributed by atoms with Crippen LogP contribution in [0.5, 0.6) is 0 Å². The molecule has 1 N–H and O–H groups in total. The van der Waals surface area contributed by atoms with Gasteiger partial charge in [-0.25, -0.2) is 12.8 Å². The molecule has 0 aliphatic carbocycles. The van der Waals surface area contributed by atoms with Crippen LogP contribution in [0.4, 0.5) is 10.1 Å². The number of sulfone groups is 1. The first-order chi connectivity index (χ1) is 13.8. The minimum atomic E-state index is -3.75. The lowest BCUT2D eigenvalue weighted by atomic mass is 10.1. The predicted molar refractivity (Wildman–Crippen MR) is 107 cm³/mol. The summed E-state index contributed by atoms with van der Waals surface area (Å²) in [4.78, 5) is 23.7. The van der Waals surface area contributed by atoms with Gasteiger partial charge in [0.2, 0.25) is 0 Å². The van der Waals surface area contributed by atoms with Gasteiger partial charge in [0.1, 0.15) is 5.82 Å². The van der Waals surface area contributed by atoms with Crippen LogP contribution in [0.1, 0.15) is 6.42 Å². The van der Waals surface area contributed by atoms with Crippen molar-refractivity contribution in [2.45, 2.75) is 11.3 Å². The van der Waals surface area contributed by atoms with Crippen molar-refractivity contribution in [2.75, 3.05) is 17.7 Å². The lowest BCUT2D eigenvalue weighted by Gasteiger charge is -2.08. The number of carbonyl (C=O) groups is 2. The number of rotatable bonds is 7. The van der Waals surface area contributed by atoms with Gasteiger partial charge in [0.15, 0.2) is 16.4 Å². The van der Waals surface area contributed by atoms with Crippen molar-refractivity contribution in [1.82, 2.24) is 0 Å². The highest BCUT2D eigenvalue weighted by molar-refractivity contribution is 7.91. The van der Waals surface area contributed by atoms with Gasteiger partial charge in [-0.1, -0.05) is 30.3 Å². The fraction of sp³-hybridized carbons (Fsp3) is 0.143. The second-order valence-corrected chi connectivity index (χ2v) is 8.40. The molecule has 0 saturated heterocycles. The average Bonchev–Trinajstić information content (AvgIpc) is 2.71. The number of ether oxygens (including phenoxy) is 1. The molecule has 0 aliphatic heterocycles. The Bertz CT molecular complexity index is 1140. The molecule has 1 amide bonds. The number of benzene rings is 3. The van der Waals surface area contributed by atoms with Crippen LogP contribution in [0.25, 0.3) is 10.8 Å². The standard InChI is InChI=1S/C21H18FNO5S/c22-17-6-9-19(10-7-17)29(26,27)12-11-21(25)28-14-20(24)23-18-8-5-15-3-1-2-4-16(15)13-18/h1-10,13H,11-12,14H2,(H,23,24). The van der Waals surface area contributed by atoms with Crippen LogP contribution in [0.15, 0.2) is 71.6 Å². The van der Waals surface area contributed by atoms with Gasteiger partial charge in [-0.15, -0.1) is 0 Å². The predicted octanol–water partition coefficient (Wildman–Crippen LogP) is 3.32.